The molecule has 0 spiro atoms. The molecule has 2 aliphatic heterocycles. The number of hydrogen-bond donors (Lipinski definition) is 1. The molecule has 3 nitrogen and oxygen atoms in total. The Balaban J connectivity index is 1.51. The van der Waals surface area contributed by atoms with E-state index < -0.39 is 0 Å². The molecule has 3 rings (SSSR count). The number of halogens is 1. The van der Waals surface area contributed by atoms with E-state index in [1.54, 1.807) is 0 Å². The minimum Gasteiger partial charge on any atom is -0.341 e. The zero-order valence-corrected chi connectivity index (χ0v) is 13.3. The average Bonchev–Trinajstić information content (AvgIpc) is 2.80. The lowest BCUT2D eigenvalue weighted by molar-refractivity contribution is -0.131. The molecular formula is C17H23ClN2O. The molecule has 0 radical (unpaired) electrons. The van der Waals surface area contributed by atoms with Crippen LogP contribution in [-0.4, -0.2) is 29.9 Å². The van der Waals surface area contributed by atoms with Crippen LogP contribution in [0.5, 0.6) is 0 Å². The average molecular weight is 307 g/mol. The van der Waals surface area contributed by atoms with Gasteiger partial charge in [0.1, 0.15) is 0 Å². The fraction of sp³-hybridized carbons (Fsp3) is 0.588. The summed E-state index contributed by atoms with van der Waals surface area (Å²) in [5.74, 6) is 0.820. The lowest BCUT2D eigenvalue weighted by Gasteiger charge is -2.30. The number of rotatable bonds is 4. The highest BCUT2D eigenvalue weighted by Crippen LogP contribution is 2.33. The van der Waals surface area contributed by atoms with E-state index in [-0.39, 0.29) is 5.91 Å². The second-order valence-corrected chi connectivity index (χ2v) is 6.99. The van der Waals surface area contributed by atoms with Gasteiger partial charge in [-0.15, -0.1) is 0 Å². The number of nitrogens with zero attached hydrogens (tertiary/aromatic N) is 1. The molecule has 2 aliphatic rings. The van der Waals surface area contributed by atoms with Crippen molar-refractivity contribution < 1.29 is 4.79 Å². The zero-order valence-electron chi connectivity index (χ0n) is 12.5. The van der Waals surface area contributed by atoms with Crippen LogP contribution in [0.2, 0.25) is 5.02 Å². The molecule has 0 aliphatic carbocycles. The van der Waals surface area contributed by atoms with Crippen molar-refractivity contribution in [3.05, 3.63) is 34.9 Å². The van der Waals surface area contributed by atoms with Crippen molar-refractivity contribution in [2.45, 2.75) is 50.7 Å². The van der Waals surface area contributed by atoms with Gasteiger partial charge >= 0.3 is 0 Å². The summed E-state index contributed by atoms with van der Waals surface area (Å²) in [5, 5.41) is 4.36. The number of amides is 1. The van der Waals surface area contributed by atoms with Crippen LogP contribution in [0, 0.1) is 5.92 Å². The fourth-order valence-electron chi connectivity index (χ4n) is 3.70. The first-order valence-electron chi connectivity index (χ1n) is 7.84. The Hall–Kier alpha value is -1.06. The van der Waals surface area contributed by atoms with Gasteiger partial charge in [0.25, 0.3) is 0 Å². The van der Waals surface area contributed by atoms with Crippen LogP contribution in [-0.2, 0) is 11.3 Å². The van der Waals surface area contributed by atoms with Gasteiger partial charge in [-0.05, 0) is 49.3 Å². The molecule has 2 bridgehead atoms. The first-order valence-corrected chi connectivity index (χ1v) is 8.22. The van der Waals surface area contributed by atoms with E-state index >= 15 is 0 Å². The van der Waals surface area contributed by atoms with Gasteiger partial charge in [0, 0.05) is 37.1 Å². The summed E-state index contributed by atoms with van der Waals surface area (Å²) >= 11 is 5.89. The maximum atomic E-state index is 12.4. The first-order chi connectivity index (χ1) is 10.1. The van der Waals surface area contributed by atoms with Crippen LogP contribution in [0.25, 0.3) is 0 Å². The quantitative estimate of drug-likeness (QED) is 0.926. The molecule has 1 amide bonds. The molecule has 0 saturated carbocycles. The molecule has 2 unspecified atom stereocenters. The normalized spacial score (nSPS) is 27.6. The second-order valence-electron chi connectivity index (χ2n) is 6.56. The summed E-state index contributed by atoms with van der Waals surface area (Å²) in [5.41, 5.74) is 1.13. The van der Waals surface area contributed by atoms with E-state index in [2.05, 4.69) is 5.32 Å². The predicted molar refractivity (Wildman–Crippen MR) is 85.2 cm³/mol. The molecule has 4 heteroatoms. The summed E-state index contributed by atoms with van der Waals surface area (Å²) in [6, 6.07) is 9.03. The Kier molecular flexibility index (Phi) is 4.51. The van der Waals surface area contributed by atoms with Crippen molar-refractivity contribution in [1.82, 2.24) is 10.2 Å². The molecule has 1 aromatic carbocycles. The van der Waals surface area contributed by atoms with Crippen LogP contribution in [0.15, 0.2) is 24.3 Å². The van der Waals surface area contributed by atoms with Gasteiger partial charge in [0.15, 0.2) is 0 Å². The standard InChI is InChI=1S/C17H23ClN2O/c1-20(11-12-2-4-14(18)5-3-12)17(21)10-13-8-15-6-7-16(9-13)19-15/h2-5,13,15-16,19H,6-11H2,1H3. The van der Waals surface area contributed by atoms with E-state index in [4.69, 9.17) is 11.6 Å². The third-order valence-corrected chi connectivity index (χ3v) is 5.04. The Morgan fingerprint density at radius 1 is 1.24 bits per heavy atom. The smallest absolute Gasteiger partial charge is 0.222 e. The molecule has 0 aromatic heterocycles. The molecule has 2 saturated heterocycles. The molecule has 2 atom stereocenters. The van der Waals surface area contributed by atoms with Crippen LogP contribution in [0.4, 0.5) is 0 Å². The van der Waals surface area contributed by atoms with E-state index in [1.807, 2.05) is 36.2 Å². The largest absolute Gasteiger partial charge is 0.341 e. The Bertz CT molecular complexity index is 490. The Labute approximate surface area is 131 Å². The molecule has 1 N–H and O–H groups in total. The van der Waals surface area contributed by atoms with Gasteiger partial charge in [-0.25, -0.2) is 0 Å². The Morgan fingerprint density at radius 2 is 1.86 bits per heavy atom. The lowest BCUT2D eigenvalue weighted by Crippen LogP contribution is -2.39. The van der Waals surface area contributed by atoms with Crippen molar-refractivity contribution >= 4 is 17.5 Å². The summed E-state index contributed by atoms with van der Waals surface area (Å²) in [6.07, 6.45) is 5.60. The van der Waals surface area contributed by atoms with Crippen molar-refractivity contribution in [1.29, 1.82) is 0 Å². The van der Waals surface area contributed by atoms with Crippen molar-refractivity contribution in [3.8, 4) is 0 Å². The van der Waals surface area contributed by atoms with Crippen molar-refractivity contribution in [3.63, 3.8) is 0 Å². The van der Waals surface area contributed by atoms with Gasteiger partial charge in [0.2, 0.25) is 5.91 Å². The SMILES string of the molecule is CN(Cc1ccc(Cl)cc1)C(=O)CC1CC2CCC(C1)N2. The third kappa shape index (κ3) is 3.78. The lowest BCUT2D eigenvalue weighted by atomic mass is 9.89. The summed E-state index contributed by atoms with van der Waals surface area (Å²) in [4.78, 5) is 14.2. The second kappa shape index (κ2) is 6.37. The molecule has 114 valence electrons. The van der Waals surface area contributed by atoms with E-state index in [0.717, 1.165) is 23.4 Å². The summed E-state index contributed by atoms with van der Waals surface area (Å²) in [7, 11) is 1.90. The number of carbonyl (C=O) groups excluding carboxylic acids is 1. The van der Waals surface area contributed by atoms with E-state index in [1.165, 1.54) is 12.8 Å². The van der Waals surface area contributed by atoms with Crippen LogP contribution < -0.4 is 5.32 Å². The number of piperidine rings is 1. The highest BCUT2D eigenvalue weighted by molar-refractivity contribution is 6.30. The van der Waals surface area contributed by atoms with Gasteiger partial charge in [-0.2, -0.15) is 0 Å². The monoisotopic (exact) mass is 306 g/mol. The third-order valence-electron chi connectivity index (χ3n) is 4.79. The topological polar surface area (TPSA) is 32.3 Å². The molecule has 21 heavy (non-hydrogen) atoms. The predicted octanol–water partition coefficient (Wildman–Crippen LogP) is 3.22. The molecule has 1 aromatic rings. The number of carbonyl (C=O) groups is 1. The van der Waals surface area contributed by atoms with Crippen molar-refractivity contribution in [2.24, 2.45) is 5.92 Å². The minimum atomic E-state index is 0.260. The Morgan fingerprint density at radius 3 is 2.48 bits per heavy atom. The molecule has 2 heterocycles. The highest BCUT2D eigenvalue weighted by atomic mass is 35.5. The van der Waals surface area contributed by atoms with E-state index in [0.29, 0.717) is 31.0 Å². The van der Waals surface area contributed by atoms with Crippen LogP contribution in [0.1, 0.15) is 37.7 Å². The van der Waals surface area contributed by atoms with E-state index in [9.17, 15) is 4.79 Å². The van der Waals surface area contributed by atoms with Crippen LogP contribution in [0.3, 0.4) is 0 Å². The fourth-order valence-corrected chi connectivity index (χ4v) is 3.82. The number of nitrogens with one attached hydrogen (secondary N) is 1. The highest BCUT2D eigenvalue weighted by Gasteiger charge is 2.34. The van der Waals surface area contributed by atoms with Crippen LogP contribution >= 0.6 is 11.6 Å². The van der Waals surface area contributed by atoms with Crippen molar-refractivity contribution in [2.75, 3.05) is 7.05 Å². The number of hydrogen-bond acceptors (Lipinski definition) is 2. The number of fused-ring (bicyclic) bond motifs is 2. The maximum absolute atomic E-state index is 12.4. The first kappa shape index (κ1) is 14.9. The molecule has 2 fully saturated rings. The summed E-state index contributed by atoms with van der Waals surface area (Å²) in [6.45, 7) is 0.661. The van der Waals surface area contributed by atoms with Gasteiger partial charge < -0.3 is 10.2 Å². The molecular weight excluding hydrogens is 284 g/mol. The minimum absolute atomic E-state index is 0.260. The van der Waals surface area contributed by atoms with Gasteiger partial charge in [-0.1, -0.05) is 23.7 Å². The van der Waals surface area contributed by atoms with Gasteiger partial charge in [0.05, 0.1) is 0 Å². The zero-order chi connectivity index (χ0) is 14.8. The summed E-state index contributed by atoms with van der Waals surface area (Å²) < 4.78 is 0. The maximum Gasteiger partial charge on any atom is 0.222 e. The number of benzene rings is 1. The van der Waals surface area contributed by atoms with Gasteiger partial charge in [-0.3, -0.25) is 4.79 Å².